The molecule has 0 atom stereocenters. The Labute approximate surface area is 218 Å². The van der Waals surface area contributed by atoms with Crippen molar-refractivity contribution in [2.24, 2.45) is 0 Å². The van der Waals surface area contributed by atoms with Crippen LogP contribution in [0.2, 0.25) is 0 Å². The number of carboxylic acids is 2. The summed E-state index contributed by atoms with van der Waals surface area (Å²) >= 11 is 0. The lowest BCUT2D eigenvalue weighted by Gasteiger charge is -2.27. The topological polar surface area (TPSA) is 139 Å². The Balaban J connectivity index is 2.20. The van der Waals surface area contributed by atoms with E-state index in [9.17, 15) is 34.8 Å². The molecule has 0 aromatic heterocycles. The van der Waals surface area contributed by atoms with Gasteiger partial charge in [0.25, 0.3) is 0 Å². The molecule has 0 aliphatic carbocycles. The molecule has 0 fully saturated rings. The minimum atomic E-state index is -1.05. The van der Waals surface area contributed by atoms with Gasteiger partial charge in [-0.1, -0.05) is 45.0 Å². The number of carbonyl (C=O) groups excluding carboxylic acids is 1. The average molecular weight is 515 g/mol. The summed E-state index contributed by atoms with van der Waals surface area (Å²) < 4.78 is 0. The van der Waals surface area contributed by atoms with Gasteiger partial charge < -0.3 is 25.2 Å². The fraction of sp³-hybridized carbons (Fsp3) is 0.464. The number of ketones is 1. The number of hydrogen-bond acceptors (Lipinski definition) is 7. The first-order valence-electron chi connectivity index (χ1n) is 12.3. The molecule has 4 N–H and O–H groups in total. The van der Waals surface area contributed by atoms with Crippen molar-refractivity contribution < 1.29 is 34.8 Å². The molecule has 2 aromatic carbocycles. The van der Waals surface area contributed by atoms with Crippen molar-refractivity contribution in [2.75, 3.05) is 26.2 Å². The molecule has 0 unspecified atom stereocenters. The molecule has 0 aliphatic heterocycles. The normalized spacial score (nSPS) is 11.7. The lowest BCUT2D eigenvalue weighted by Crippen LogP contribution is -2.39. The lowest BCUT2D eigenvalue weighted by atomic mass is 9.86. The minimum absolute atomic E-state index is 0.0215. The van der Waals surface area contributed by atoms with Gasteiger partial charge in [-0.25, -0.2) is 0 Å². The number of phenolic OH excluding ortho intramolecular Hbond substituents is 2. The standard InChI is InChI=1S/C28H38N2O7/c1-19(31)5-6-20-7-9-24(32)21(13-20)15-29(17-26(34)35)11-12-30(18-27(36)37)16-22-14-23(28(2,3)4)8-10-25(22)33/h7-10,13-14,32-33H,5-6,11-12,15-18H2,1-4H3,(H,34,35)(H,36,37). The van der Waals surface area contributed by atoms with E-state index in [1.54, 1.807) is 28.0 Å². The number of aryl methyl sites for hydroxylation is 1. The number of hydrogen-bond donors (Lipinski definition) is 4. The number of carbonyl (C=O) groups is 3. The smallest absolute Gasteiger partial charge is 0.317 e. The van der Waals surface area contributed by atoms with Gasteiger partial charge in [0.2, 0.25) is 0 Å². The van der Waals surface area contributed by atoms with Crippen LogP contribution in [0.3, 0.4) is 0 Å². The number of rotatable bonds is 14. The number of phenols is 2. The maximum Gasteiger partial charge on any atom is 0.317 e. The van der Waals surface area contributed by atoms with Crippen molar-refractivity contribution in [3.8, 4) is 11.5 Å². The van der Waals surface area contributed by atoms with Crippen LogP contribution in [-0.4, -0.2) is 74.1 Å². The van der Waals surface area contributed by atoms with Crippen LogP contribution in [0.4, 0.5) is 0 Å². The van der Waals surface area contributed by atoms with Crippen molar-refractivity contribution in [2.45, 2.75) is 59.0 Å². The van der Waals surface area contributed by atoms with E-state index in [1.807, 2.05) is 32.9 Å². The Kier molecular flexibility index (Phi) is 10.6. The summed E-state index contributed by atoms with van der Waals surface area (Å²) in [6.45, 7) is 7.82. The highest BCUT2D eigenvalue weighted by molar-refractivity contribution is 5.75. The lowest BCUT2D eigenvalue weighted by molar-refractivity contribution is -0.140. The first-order valence-corrected chi connectivity index (χ1v) is 12.3. The molecule has 0 bridgehead atoms. The molecule has 0 saturated heterocycles. The van der Waals surface area contributed by atoms with E-state index >= 15 is 0 Å². The van der Waals surface area contributed by atoms with Gasteiger partial charge in [0.05, 0.1) is 13.1 Å². The molecule has 0 spiro atoms. The predicted molar refractivity (Wildman–Crippen MR) is 140 cm³/mol. The van der Waals surface area contributed by atoms with E-state index in [1.165, 1.54) is 13.0 Å². The SMILES string of the molecule is CC(=O)CCc1ccc(O)c(CN(CCN(CC(=O)O)Cc2cc(C(C)(C)C)ccc2O)CC(=O)O)c1. The summed E-state index contributed by atoms with van der Waals surface area (Å²) in [5.74, 6) is -1.94. The molecule has 0 aliphatic rings. The quantitative estimate of drug-likeness (QED) is 0.299. The van der Waals surface area contributed by atoms with Crippen molar-refractivity contribution >= 4 is 17.7 Å². The van der Waals surface area contributed by atoms with Gasteiger partial charge in [-0.3, -0.25) is 19.4 Å². The van der Waals surface area contributed by atoms with Crippen LogP contribution in [0, 0.1) is 0 Å². The maximum absolute atomic E-state index is 11.5. The summed E-state index contributed by atoms with van der Waals surface area (Å²) in [5.41, 5.74) is 2.83. The Morgan fingerprint density at radius 1 is 0.784 bits per heavy atom. The fourth-order valence-electron chi connectivity index (χ4n) is 4.00. The zero-order valence-corrected chi connectivity index (χ0v) is 22.0. The van der Waals surface area contributed by atoms with Crippen LogP contribution < -0.4 is 0 Å². The predicted octanol–water partition coefficient (Wildman–Crippen LogP) is 3.39. The molecule has 0 radical (unpaired) electrons. The summed E-state index contributed by atoms with van der Waals surface area (Å²) in [5, 5.41) is 39.6. The largest absolute Gasteiger partial charge is 0.508 e. The van der Waals surface area contributed by atoms with Crippen LogP contribution >= 0.6 is 0 Å². The van der Waals surface area contributed by atoms with Gasteiger partial charge in [0.15, 0.2) is 0 Å². The number of aromatic hydroxyl groups is 2. The van der Waals surface area contributed by atoms with Gasteiger partial charge in [0.1, 0.15) is 17.3 Å². The molecule has 0 saturated carbocycles. The van der Waals surface area contributed by atoms with E-state index in [0.29, 0.717) is 24.0 Å². The van der Waals surface area contributed by atoms with Crippen LogP contribution in [0.15, 0.2) is 36.4 Å². The summed E-state index contributed by atoms with van der Waals surface area (Å²) in [6, 6.07) is 10.3. The average Bonchev–Trinajstić information content (AvgIpc) is 2.77. The molecule has 0 heterocycles. The number of benzene rings is 2. The number of nitrogens with zero attached hydrogens (tertiary/aromatic N) is 2. The van der Waals surface area contributed by atoms with E-state index in [2.05, 4.69) is 0 Å². The molecule has 9 heteroatoms. The number of Topliss-reactive ketones (excluding diaryl/α,β-unsaturated/α-hetero) is 1. The number of carboxylic acid groups (broad SMARTS) is 2. The van der Waals surface area contributed by atoms with Crippen molar-refractivity contribution in [3.63, 3.8) is 0 Å². The molecule has 202 valence electrons. The highest BCUT2D eigenvalue weighted by Crippen LogP contribution is 2.28. The van der Waals surface area contributed by atoms with Crippen LogP contribution in [0.5, 0.6) is 11.5 Å². The molecule has 37 heavy (non-hydrogen) atoms. The van der Waals surface area contributed by atoms with E-state index in [0.717, 1.165) is 11.1 Å². The fourth-order valence-corrected chi connectivity index (χ4v) is 4.00. The van der Waals surface area contributed by atoms with Crippen LogP contribution in [0.1, 0.15) is 56.4 Å². The molecular formula is C28H38N2O7. The molecule has 2 rings (SSSR count). The van der Waals surface area contributed by atoms with Crippen molar-refractivity contribution in [1.29, 1.82) is 0 Å². The molecule has 9 nitrogen and oxygen atoms in total. The molecular weight excluding hydrogens is 476 g/mol. The Morgan fingerprint density at radius 3 is 1.73 bits per heavy atom. The van der Waals surface area contributed by atoms with Gasteiger partial charge in [0, 0.05) is 43.7 Å². The van der Waals surface area contributed by atoms with Gasteiger partial charge >= 0.3 is 11.9 Å². The second kappa shape index (κ2) is 13.2. The molecule has 2 aromatic rings. The highest BCUT2D eigenvalue weighted by Gasteiger charge is 2.20. The van der Waals surface area contributed by atoms with Crippen molar-refractivity contribution in [1.82, 2.24) is 9.80 Å². The van der Waals surface area contributed by atoms with Crippen LogP contribution in [0.25, 0.3) is 0 Å². The minimum Gasteiger partial charge on any atom is -0.508 e. The maximum atomic E-state index is 11.5. The third-order valence-corrected chi connectivity index (χ3v) is 6.09. The summed E-state index contributed by atoms with van der Waals surface area (Å²) in [7, 11) is 0. The van der Waals surface area contributed by atoms with E-state index < -0.39 is 11.9 Å². The van der Waals surface area contributed by atoms with Gasteiger partial charge in [-0.15, -0.1) is 0 Å². The van der Waals surface area contributed by atoms with Gasteiger partial charge in [-0.2, -0.15) is 0 Å². The van der Waals surface area contributed by atoms with Crippen LogP contribution in [-0.2, 0) is 39.3 Å². The second-order valence-electron chi connectivity index (χ2n) is 10.5. The summed E-state index contributed by atoms with van der Waals surface area (Å²) in [6.07, 6.45) is 0.890. The van der Waals surface area contributed by atoms with E-state index in [4.69, 9.17) is 0 Å². The third-order valence-electron chi connectivity index (χ3n) is 6.09. The number of aliphatic carboxylic acids is 2. The Bertz CT molecular complexity index is 1110. The second-order valence-corrected chi connectivity index (χ2v) is 10.5. The third kappa shape index (κ3) is 10.2. The highest BCUT2D eigenvalue weighted by atomic mass is 16.4. The summed E-state index contributed by atoms with van der Waals surface area (Å²) in [4.78, 5) is 37.7. The Hall–Kier alpha value is -3.43. The Morgan fingerprint density at radius 2 is 1.27 bits per heavy atom. The zero-order valence-electron chi connectivity index (χ0n) is 22.0. The van der Waals surface area contributed by atoms with Crippen molar-refractivity contribution in [3.05, 3.63) is 58.7 Å². The first-order chi connectivity index (χ1) is 17.2. The monoisotopic (exact) mass is 514 g/mol. The van der Waals surface area contributed by atoms with E-state index in [-0.39, 0.29) is 62.0 Å². The first kappa shape index (κ1) is 29.8. The molecule has 0 amide bonds. The van der Waals surface area contributed by atoms with Gasteiger partial charge in [-0.05, 0) is 42.0 Å². The zero-order chi connectivity index (χ0) is 27.8.